The molecule has 2 aromatic carbocycles. The molecule has 1 amide bonds. The minimum atomic E-state index is -0.657. The summed E-state index contributed by atoms with van der Waals surface area (Å²) < 4.78 is 16.3. The Kier molecular flexibility index (Phi) is 6.49. The highest BCUT2D eigenvalue weighted by Crippen LogP contribution is 2.26. The second-order valence-electron chi connectivity index (χ2n) is 6.91. The number of nitrogens with zero attached hydrogens (tertiary/aromatic N) is 2. The summed E-state index contributed by atoms with van der Waals surface area (Å²) in [6, 6.07) is 15.1. The summed E-state index contributed by atoms with van der Waals surface area (Å²) in [6.07, 6.45) is -0.657. The zero-order valence-corrected chi connectivity index (χ0v) is 17.0. The Morgan fingerprint density at radius 3 is 2.69 bits per heavy atom. The van der Waals surface area contributed by atoms with Crippen LogP contribution in [0.15, 0.2) is 53.1 Å². The number of methoxy groups -OCH3 is 1. The number of para-hydroxylation sites is 1. The maximum atomic E-state index is 12.4. The van der Waals surface area contributed by atoms with Crippen molar-refractivity contribution in [3.05, 3.63) is 60.0 Å². The van der Waals surface area contributed by atoms with Crippen molar-refractivity contribution in [1.82, 2.24) is 15.5 Å². The molecule has 7 nitrogen and oxygen atoms in total. The lowest BCUT2D eigenvalue weighted by molar-refractivity contribution is -0.127. The van der Waals surface area contributed by atoms with Gasteiger partial charge in [-0.15, -0.1) is 0 Å². The third kappa shape index (κ3) is 5.13. The van der Waals surface area contributed by atoms with E-state index in [1.807, 2.05) is 48.5 Å². The minimum absolute atomic E-state index is 0.120. The molecule has 152 valence electrons. The van der Waals surface area contributed by atoms with Crippen molar-refractivity contribution in [3.8, 4) is 22.9 Å². The van der Waals surface area contributed by atoms with Crippen LogP contribution in [0.1, 0.15) is 38.1 Å². The number of carbonyl (C=O) groups is 1. The second kappa shape index (κ2) is 9.23. The minimum Gasteiger partial charge on any atom is -0.497 e. The molecule has 0 aliphatic carbocycles. The molecule has 1 atom stereocenters. The fourth-order valence-corrected chi connectivity index (χ4v) is 2.82. The van der Waals surface area contributed by atoms with Gasteiger partial charge < -0.3 is 19.3 Å². The first-order chi connectivity index (χ1) is 14.0. The molecule has 1 aromatic heterocycles. The molecule has 3 aromatic rings. The largest absolute Gasteiger partial charge is 0.497 e. The van der Waals surface area contributed by atoms with Gasteiger partial charge in [0.15, 0.2) is 6.10 Å². The number of rotatable bonds is 8. The molecule has 0 bridgehead atoms. The van der Waals surface area contributed by atoms with Crippen LogP contribution in [0.3, 0.4) is 0 Å². The summed E-state index contributed by atoms with van der Waals surface area (Å²) in [5, 5.41) is 6.73. The summed E-state index contributed by atoms with van der Waals surface area (Å²) in [4.78, 5) is 16.7. The lowest BCUT2D eigenvalue weighted by Gasteiger charge is -2.18. The quantitative estimate of drug-likeness (QED) is 0.621. The van der Waals surface area contributed by atoms with Crippen LogP contribution in [0.5, 0.6) is 11.5 Å². The van der Waals surface area contributed by atoms with E-state index >= 15 is 0 Å². The highest BCUT2D eigenvalue weighted by Gasteiger charge is 2.18. The van der Waals surface area contributed by atoms with Gasteiger partial charge in [-0.3, -0.25) is 4.79 Å². The molecule has 0 saturated carbocycles. The fourth-order valence-electron chi connectivity index (χ4n) is 2.82. The van der Waals surface area contributed by atoms with E-state index in [4.69, 9.17) is 14.0 Å². The van der Waals surface area contributed by atoms with Crippen LogP contribution in [-0.2, 0) is 11.3 Å². The molecular weight excluding hydrogens is 370 g/mol. The van der Waals surface area contributed by atoms with E-state index in [0.717, 1.165) is 11.1 Å². The topological polar surface area (TPSA) is 86.5 Å². The van der Waals surface area contributed by atoms with Crippen LogP contribution >= 0.6 is 0 Å². The second-order valence-corrected chi connectivity index (χ2v) is 6.91. The normalized spacial score (nSPS) is 11.9. The van der Waals surface area contributed by atoms with Crippen molar-refractivity contribution in [2.24, 2.45) is 0 Å². The number of amides is 1. The van der Waals surface area contributed by atoms with Crippen LogP contribution < -0.4 is 14.8 Å². The maximum Gasteiger partial charge on any atom is 0.261 e. The van der Waals surface area contributed by atoms with Gasteiger partial charge in [-0.2, -0.15) is 4.98 Å². The Balaban J connectivity index is 1.59. The van der Waals surface area contributed by atoms with Gasteiger partial charge in [0.25, 0.3) is 5.91 Å². The van der Waals surface area contributed by atoms with Crippen molar-refractivity contribution in [1.29, 1.82) is 0 Å². The summed E-state index contributed by atoms with van der Waals surface area (Å²) in [6.45, 7) is 6.00. The van der Waals surface area contributed by atoms with E-state index in [9.17, 15) is 4.79 Å². The molecule has 0 saturated heterocycles. The molecule has 1 heterocycles. The smallest absolute Gasteiger partial charge is 0.261 e. The molecule has 29 heavy (non-hydrogen) atoms. The monoisotopic (exact) mass is 395 g/mol. The number of ether oxygens (including phenoxy) is 2. The molecule has 0 spiro atoms. The number of benzene rings is 2. The standard InChI is InChI=1S/C22H25N3O4/c1-14(2)18-10-5-6-11-19(18)28-15(3)22(26)23-13-20-24-21(25-29-20)16-8-7-9-17(12-16)27-4/h5-12,14-15H,13H2,1-4H3,(H,23,26). The molecule has 1 N–H and O–H groups in total. The molecule has 3 rings (SSSR count). The number of hydrogen-bond donors (Lipinski definition) is 1. The van der Waals surface area contributed by atoms with Crippen molar-refractivity contribution in [3.63, 3.8) is 0 Å². The number of carbonyl (C=O) groups excluding carboxylic acids is 1. The van der Waals surface area contributed by atoms with Gasteiger partial charge in [0, 0.05) is 5.56 Å². The predicted molar refractivity (Wildman–Crippen MR) is 109 cm³/mol. The molecule has 0 aliphatic rings. The summed E-state index contributed by atoms with van der Waals surface area (Å²) in [5.41, 5.74) is 1.83. The van der Waals surface area contributed by atoms with Crippen LogP contribution in [0.4, 0.5) is 0 Å². The van der Waals surface area contributed by atoms with Crippen LogP contribution in [0.2, 0.25) is 0 Å². The third-order valence-corrected chi connectivity index (χ3v) is 4.42. The van der Waals surface area contributed by atoms with E-state index < -0.39 is 6.10 Å². The van der Waals surface area contributed by atoms with Gasteiger partial charge in [-0.1, -0.05) is 49.3 Å². The van der Waals surface area contributed by atoms with Gasteiger partial charge in [0.2, 0.25) is 11.7 Å². The van der Waals surface area contributed by atoms with Gasteiger partial charge in [0.1, 0.15) is 11.5 Å². The number of aromatic nitrogens is 2. The highest BCUT2D eigenvalue weighted by molar-refractivity contribution is 5.80. The zero-order valence-electron chi connectivity index (χ0n) is 17.0. The number of hydrogen-bond acceptors (Lipinski definition) is 6. The van der Waals surface area contributed by atoms with Gasteiger partial charge in [-0.25, -0.2) is 0 Å². The van der Waals surface area contributed by atoms with Gasteiger partial charge >= 0.3 is 0 Å². The Labute approximate surface area is 170 Å². The fraction of sp³-hybridized carbons (Fsp3) is 0.318. The molecule has 0 fully saturated rings. The first-order valence-electron chi connectivity index (χ1n) is 9.48. The van der Waals surface area contributed by atoms with E-state index in [2.05, 4.69) is 29.3 Å². The Hall–Kier alpha value is -3.35. The summed E-state index contributed by atoms with van der Waals surface area (Å²) >= 11 is 0. The average Bonchev–Trinajstić information content (AvgIpc) is 3.21. The van der Waals surface area contributed by atoms with Crippen molar-refractivity contribution >= 4 is 5.91 Å². The van der Waals surface area contributed by atoms with Crippen molar-refractivity contribution in [2.45, 2.75) is 39.3 Å². The SMILES string of the molecule is COc1cccc(-c2noc(CNC(=O)C(C)Oc3ccccc3C(C)C)n2)c1. The maximum absolute atomic E-state index is 12.4. The summed E-state index contributed by atoms with van der Waals surface area (Å²) in [7, 11) is 1.60. The molecule has 7 heteroatoms. The average molecular weight is 395 g/mol. The number of nitrogens with one attached hydrogen (secondary N) is 1. The Morgan fingerprint density at radius 1 is 1.14 bits per heavy atom. The van der Waals surface area contributed by atoms with Crippen LogP contribution in [0, 0.1) is 0 Å². The van der Waals surface area contributed by atoms with Crippen molar-refractivity contribution in [2.75, 3.05) is 7.11 Å². The zero-order chi connectivity index (χ0) is 20.8. The van der Waals surface area contributed by atoms with Crippen LogP contribution in [0.25, 0.3) is 11.4 Å². The van der Waals surface area contributed by atoms with E-state index in [0.29, 0.717) is 29.1 Å². The van der Waals surface area contributed by atoms with E-state index in [-0.39, 0.29) is 12.5 Å². The Bertz CT molecular complexity index is 968. The Morgan fingerprint density at radius 2 is 1.93 bits per heavy atom. The predicted octanol–water partition coefficient (Wildman–Crippen LogP) is 3.95. The van der Waals surface area contributed by atoms with Gasteiger partial charge in [0.05, 0.1) is 13.7 Å². The lowest BCUT2D eigenvalue weighted by Crippen LogP contribution is -2.36. The van der Waals surface area contributed by atoms with E-state index in [1.54, 1.807) is 14.0 Å². The molecule has 0 radical (unpaired) electrons. The summed E-state index contributed by atoms with van der Waals surface area (Å²) in [5.74, 6) is 2.20. The molecular formula is C22H25N3O4. The highest BCUT2D eigenvalue weighted by atomic mass is 16.5. The van der Waals surface area contributed by atoms with Gasteiger partial charge in [-0.05, 0) is 36.6 Å². The van der Waals surface area contributed by atoms with Crippen molar-refractivity contribution < 1.29 is 18.8 Å². The van der Waals surface area contributed by atoms with E-state index in [1.165, 1.54) is 0 Å². The third-order valence-electron chi connectivity index (χ3n) is 4.42. The first-order valence-corrected chi connectivity index (χ1v) is 9.48. The first kappa shape index (κ1) is 20.4. The van der Waals surface area contributed by atoms with Crippen LogP contribution in [-0.4, -0.2) is 29.3 Å². The lowest BCUT2D eigenvalue weighted by atomic mass is 10.0. The molecule has 0 aliphatic heterocycles. The molecule has 1 unspecified atom stereocenters.